The third kappa shape index (κ3) is 4.94. The van der Waals surface area contributed by atoms with Crippen LogP contribution in [0.25, 0.3) is 10.9 Å². The molecule has 0 atom stereocenters. The van der Waals surface area contributed by atoms with E-state index in [1.807, 2.05) is 24.3 Å². The lowest BCUT2D eigenvalue weighted by molar-refractivity contribution is 0.0950. The number of unbranched alkanes of at least 4 members (excludes halogenated alkanes) is 1. The molecule has 0 saturated heterocycles. The zero-order valence-electron chi connectivity index (χ0n) is 15.8. The average Bonchev–Trinajstić information content (AvgIpc) is 2.73. The van der Waals surface area contributed by atoms with Gasteiger partial charge in [-0.3, -0.25) is 9.78 Å². The Bertz CT molecular complexity index is 985. The SMILES string of the molecule is CCCC=CCOc1cccc(CNC(=O)c2ccc3ncccc3c2)c1F. The molecule has 0 unspecified atom stereocenters. The van der Waals surface area contributed by atoms with Crippen molar-refractivity contribution in [1.29, 1.82) is 0 Å². The highest BCUT2D eigenvalue weighted by Gasteiger charge is 2.11. The number of pyridine rings is 1. The summed E-state index contributed by atoms with van der Waals surface area (Å²) in [4.78, 5) is 16.7. The maximum absolute atomic E-state index is 14.6. The van der Waals surface area contributed by atoms with Gasteiger partial charge in [-0.2, -0.15) is 0 Å². The van der Waals surface area contributed by atoms with Gasteiger partial charge in [-0.05, 0) is 36.8 Å². The van der Waals surface area contributed by atoms with Crippen molar-refractivity contribution >= 4 is 16.8 Å². The van der Waals surface area contributed by atoms with Crippen molar-refractivity contribution in [2.24, 2.45) is 0 Å². The minimum atomic E-state index is -0.450. The van der Waals surface area contributed by atoms with Crippen LogP contribution in [-0.4, -0.2) is 17.5 Å². The van der Waals surface area contributed by atoms with Crippen molar-refractivity contribution in [3.63, 3.8) is 0 Å². The standard InChI is InChI=1S/C23H23FN2O2/c1-2-3-4-5-14-28-21-10-6-8-19(22(21)24)16-26-23(27)18-11-12-20-17(15-18)9-7-13-25-20/h4-13,15H,2-3,14,16H2,1H3,(H,26,27). The zero-order chi connectivity index (χ0) is 19.8. The number of nitrogens with one attached hydrogen (secondary N) is 1. The molecule has 2 aromatic carbocycles. The molecule has 0 saturated carbocycles. The van der Waals surface area contributed by atoms with E-state index in [2.05, 4.69) is 17.2 Å². The largest absolute Gasteiger partial charge is 0.486 e. The third-order valence-electron chi connectivity index (χ3n) is 4.30. The Morgan fingerprint density at radius 1 is 1.18 bits per heavy atom. The number of halogens is 1. The fourth-order valence-electron chi connectivity index (χ4n) is 2.79. The molecule has 0 aliphatic carbocycles. The predicted octanol–water partition coefficient (Wildman–Crippen LogP) is 5.04. The van der Waals surface area contributed by atoms with Crippen molar-refractivity contribution < 1.29 is 13.9 Å². The molecule has 5 heteroatoms. The van der Waals surface area contributed by atoms with Crippen molar-refractivity contribution in [2.75, 3.05) is 6.61 Å². The summed E-state index contributed by atoms with van der Waals surface area (Å²) < 4.78 is 20.1. The zero-order valence-corrected chi connectivity index (χ0v) is 15.8. The lowest BCUT2D eigenvalue weighted by atomic mass is 10.1. The lowest BCUT2D eigenvalue weighted by Gasteiger charge is -2.10. The third-order valence-corrected chi connectivity index (χ3v) is 4.30. The van der Waals surface area contributed by atoms with Gasteiger partial charge in [0.1, 0.15) is 6.61 Å². The van der Waals surface area contributed by atoms with Gasteiger partial charge in [0, 0.05) is 29.3 Å². The summed E-state index contributed by atoms with van der Waals surface area (Å²) in [7, 11) is 0. The Kier molecular flexibility index (Phi) is 6.73. The smallest absolute Gasteiger partial charge is 0.251 e. The van der Waals surface area contributed by atoms with E-state index in [9.17, 15) is 9.18 Å². The van der Waals surface area contributed by atoms with E-state index in [1.54, 1.807) is 42.6 Å². The number of amides is 1. The van der Waals surface area contributed by atoms with Gasteiger partial charge < -0.3 is 10.1 Å². The minimum Gasteiger partial charge on any atom is -0.486 e. The molecule has 3 rings (SSSR count). The molecular weight excluding hydrogens is 355 g/mol. The summed E-state index contributed by atoms with van der Waals surface area (Å²) in [5, 5.41) is 3.65. The van der Waals surface area contributed by atoms with Gasteiger partial charge in [0.2, 0.25) is 0 Å². The Hall–Kier alpha value is -3.21. The molecule has 0 aliphatic rings. The molecule has 0 fully saturated rings. The maximum Gasteiger partial charge on any atom is 0.251 e. The van der Waals surface area contributed by atoms with Crippen molar-refractivity contribution in [2.45, 2.75) is 26.3 Å². The second kappa shape index (κ2) is 9.65. The van der Waals surface area contributed by atoms with E-state index in [-0.39, 0.29) is 18.2 Å². The predicted molar refractivity (Wildman–Crippen MR) is 109 cm³/mol. The highest BCUT2D eigenvalue weighted by atomic mass is 19.1. The molecule has 0 spiro atoms. The molecule has 144 valence electrons. The number of hydrogen-bond acceptors (Lipinski definition) is 3. The van der Waals surface area contributed by atoms with Gasteiger partial charge in [-0.15, -0.1) is 0 Å². The van der Waals surface area contributed by atoms with Crippen LogP contribution in [0.5, 0.6) is 5.75 Å². The van der Waals surface area contributed by atoms with Gasteiger partial charge in [0.25, 0.3) is 5.91 Å². The molecule has 4 nitrogen and oxygen atoms in total. The number of rotatable bonds is 8. The number of ether oxygens (including phenoxy) is 1. The average molecular weight is 378 g/mol. The summed E-state index contributed by atoms with van der Waals surface area (Å²) in [6.07, 6.45) is 7.64. The van der Waals surface area contributed by atoms with E-state index in [0.717, 1.165) is 23.7 Å². The van der Waals surface area contributed by atoms with Crippen LogP contribution in [0.15, 0.2) is 66.9 Å². The lowest BCUT2D eigenvalue weighted by Crippen LogP contribution is -2.23. The monoisotopic (exact) mass is 378 g/mol. The molecule has 0 aliphatic heterocycles. The van der Waals surface area contributed by atoms with E-state index in [0.29, 0.717) is 17.7 Å². The van der Waals surface area contributed by atoms with Crippen LogP contribution in [0.4, 0.5) is 4.39 Å². The van der Waals surface area contributed by atoms with E-state index < -0.39 is 5.82 Å². The fraction of sp³-hybridized carbons (Fsp3) is 0.217. The van der Waals surface area contributed by atoms with Gasteiger partial charge in [-0.1, -0.05) is 43.7 Å². The molecule has 1 amide bonds. The minimum absolute atomic E-state index is 0.0820. The van der Waals surface area contributed by atoms with Crippen LogP contribution >= 0.6 is 0 Å². The first-order valence-electron chi connectivity index (χ1n) is 9.37. The highest BCUT2D eigenvalue weighted by molar-refractivity contribution is 5.97. The summed E-state index contributed by atoms with van der Waals surface area (Å²) in [5.74, 6) is -0.530. The van der Waals surface area contributed by atoms with Crippen LogP contribution in [0.3, 0.4) is 0 Å². The van der Waals surface area contributed by atoms with Crippen LogP contribution in [0, 0.1) is 5.82 Å². The molecule has 1 aromatic heterocycles. The van der Waals surface area contributed by atoms with E-state index in [1.165, 1.54) is 0 Å². The molecule has 1 heterocycles. The van der Waals surface area contributed by atoms with Crippen LogP contribution in [0.1, 0.15) is 35.7 Å². The summed E-state index contributed by atoms with van der Waals surface area (Å²) >= 11 is 0. The fourth-order valence-corrected chi connectivity index (χ4v) is 2.79. The van der Waals surface area contributed by atoms with Crippen LogP contribution < -0.4 is 10.1 Å². The number of hydrogen-bond donors (Lipinski definition) is 1. The van der Waals surface area contributed by atoms with Gasteiger partial charge in [-0.25, -0.2) is 4.39 Å². The number of benzene rings is 2. The number of carbonyl (C=O) groups is 1. The molecule has 1 N–H and O–H groups in total. The summed E-state index contributed by atoms with van der Waals surface area (Å²) in [6.45, 7) is 2.49. The number of aromatic nitrogens is 1. The molecule has 0 radical (unpaired) electrons. The van der Waals surface area contributed by atoms with Gasteiger partial charge >= 0.3 is 0 Å². The van der Waals surface area contributed by atoms with Crippen molar-refractivity contribution in [3.8, 4) is 5.75 Å². The Labute approximate surface area is 164 Å². The Morgan fingerprint density at radius 3 is 2.93 bits per heavy atom. The first-order valence-corrected chi connectivity index (χ1v) is 9.37. The molecule has 3 aromatic rings. The molecular formula is C23H23FN2O2. The van der Waals surface area contributed by atoms with Gasteiger partial charge in [0.15, 0.2) is 11.6 Å². The molecule has 0 bridgehead atoms. The first-order chi connectivity index (χ1) is 13.7. The number of fused-ring (bicyclic) bond motifs is 1. The highest BCUT2D eigenvalue weighted by Crippen LogP contribution is 2.21. The van der Waals surface area contributed by atoms with Gasteiger partial charge in [0.05, 0.1) is 5.52 Å². The van der Waals surface area contributed by atoms with Crippen molar-refractivity contribution in [3.05, 3.63) is 83.8 Å². The number of allylic oxidation sites excluding steroid dienone is 1. The summed E-state index contributed by atoms with van der Waals surface area (Å²) in [6, 6.07) is 13.9. The second-order valence-electron chi connectivity index (χ2n) is 6.39. The molecule has 28 heavy (non-hydrogen) atoms. The second-order valence-corrected chi connectivity index (χ2v) is 6.39. The van der Waals surface area contributed by atoms with Crippen LogP contribution in [-0.2, 0) is 6.54 Å². The first kappa shape index (κ1) is 19.5. The number of nitrogens with zero attached hydrogens (tertiary/aromatic N) is 1. The van der Waals surface area contributed by atoms with E-state index >= 15 is 0 Å². The Balaban J connectivity index is 1.63. The summed E-state index contributed by atoms with van der Waals surface area (Å²) in [5.41, 5.74) is 1.71. The number of carbonyl (C=O) groups excluding carboxylic acids is 1. The van der Waals surface area contributed by atoms with Crippen molar-refractivity contribution in [1.82, 2.24) is 10.3 Å². The normalized spacial score (nSPS) is 11.1. The maximum atomic E-state index is 14.6. The van der Waals surface area contributed by atoms with E-state index in [4.69, 9.17) is 4.74 Å². The van der Waals surface area contributed by atoms with Crippen LogP contribution in [0.2, 0.25) is 0 Å². The quantitative estimate of drug-likeness (QED) is 0.559. The Morgan fingerprint density at radius 2 is 2.07 bits per heavy atom. The topological polar surface area (TPSA) is 51.2 Å².